The maximum absolute atomic E-state index is 6.09. The van der Waals surface area contributed by atoms with Crippen molar-refractivity contribution >= 4 is 17.7 Å². The van der Waals surface area contributed by atoms with Crippen LogP contribution in [-0.2, 0) is 21.1 Å². The largest absolute Gasteiger partial charge is 0.503 e. The first-order valence-electron chi connectivity index (χ1n) is 11.2. The van der Waals surface area contributed by atoms with E-state index in [1.54, 1.807) is 11.3 Å². The van der Waals surface area contributed by atoms with E-state index in [1.807, 2.05) is 126 Å². The van der Waals surface area contributed by atoms with Gasteiger partial charge in [-0.15, -0.1) is 48.6 Å². The normalized spacial score (nSPS) is 12.4. The number of hydrazone groups is 1. The second-order valence-corrected chi connectivity index (χ2v) is 7.85. The molecule has 0 saturated carbocycles. The number of para-hydroxylation sites is 2. The van der Waals surface area contributed by atoms with E-state index in [4.69, 9.17) is 4.74 Å². The van der Waals surface area contributed by atoms with Gasteiger partial charge in [0.05, 0.1) is 12.0 Å². The van der Waals surface area contributed by atoms with Gasteiger partial charge in [0, 0.05) is 50.1 Å². The molecule has 36 heavy (non-hydrogen) atoms. The van der Waals surface area contributed by atoms with Gasteiger partial charge in [-0.2, -0.15) is 11.2 Å². The Morgan fingerprint density at radius 1 is 0.694 bits per heavy atom. The molecule has 4 aromatic carbocycles. The standard InChI is InChI=1S/C29H20N5O.Pt/c1-3-10-24(11-4-1)32-21-30-34(22-32)26-14-8-16-28(20-26)35-27-15-7-9-23(19-27)29-17-18-33(31-29)25-12-5-2-6-13-25;/h1-18,21-22H;/q-3;. The van der Waals surface area contributed by atoms with E-state index in [-0.39, 0.29) is 21.1 Å². The molecular weight excluding hydrogens is 629 g/mol. The molecule has 7 heteroatoms. The summed E-state index contributed by atoms with van der Waals surface area (Å²) < 4.78 is 7.94. The van der Waals surface area contributed by atoms with Crippen molar-refractivity contribution < 1.29 is 25.8 Å². The molecule has 0 spiro atoms. The molecule has 1 aliphatic heterocycles. The predicted molar refractivity (Wildman–Crippen MR) is 137 cm³/mol. The van der Waals surface area contributed by atoms with Crippen LogP contribution in [0.1, 0.15) is 0 Å². The van der Waals surface area contributed by atoms with Crippen LogP contribution in [0.4, 0.5) is 11.4 Å². The van der Waals surface area contributed by atoms with Crippen LogP contribution in [0.5, 0.6) is 11.5 Å². The number of anilines is 2. The molecular formula is C29H20N5OPt-3. The van der Waals surface area contributed by atoms with Gasteiger partial charge in [-0.3, -0.25) is 4.68 Å². The molecule has 0 unspecified atom stereocenters. The van der Waals surface area contributed by atoms with E-state index in [0.717, 1.165) is 28.3 Å². The van der Waals surface area contributed by atoms with Crippen LogP contribution in [0.15, 0.2) is 114 Å². The van der Waals surface area contributed by atoms with Crippen LogP contribution in [0, 0.1) is 18.8 Å². The third kappa shape index (κ3) is 5.09. The van der Waals surface area contributed by atoms with Gasteiger partial charge >= 0.3 is 0 Å². The van der Waals surface area contributed by atoms with Crippen LogP contribution in [0.2, 0.25) is 0 Å². The average molecular weight is 650 g/mol. The molecule has 0 N–H and O–H groups in total. The Morgan fingerprint density at radius 3 is 2.17 bits per heavy atom. The Bertz CT molecular complexity index is 1470. The molecule has 6 rings (SSSR count). The summed E-state index contributed by atoms with van der Waals surface area (Å²) in [5.74, 6) is 1.16. The van der Waals surface area contributed by atoms with E-state index in [1.165, 1.54) is 0 Å². The minimum Gasteiger partial charge on any atom is -0.503 e. The van der Waals surface area contributed by atoms with Gasteiger partial charge in [0.2, 0.25) is 0 Å². The zero-order valence-electron chi connectivity index (χ0n) is 19.0. The number of aromatic nitrogens is 2. The molecule has 180 valence electrons. The smallest absolute Gasteiger partial charge is 0.0848 e. The minimum atomic E-state index is 0. The fourth-order valence-electron chi connectivity index (χ4n) is 3.74. The monoisotopic (exact) mass is 649 g/mol. The molecule has 5 aromatic rings. The molecule has 2 heterocycles. The summed E-state index contributed by atoms with van der Waals surface area (Å²) in [5.41, 5.74) is 4.48. The van der Waals surface area contributed by atoms with E-state index < -0.39 is 0 Å². The van der Waals surface area contributed by atoms with Crippen molar-refractivity contribution in [2.24, 2.45) is 5.10 Å². The zero-order chi connectivity index (χ0) is 23.5. The molecule has 1 aromatic heterocycles. The van der Waals surface area contributed by atoms with Crippen molar-refractivity contribution in [1.29, 1.82) is 0 Å². The van der Waals surface area contributed by atoms with E-state index in [0.29, 0.717) is 11.5 Å². The maximum Gasteiger partial charge on any atom is 0.0848 e. The third-order valence-electron chi connectivity index (χ3n) is 5.46. The van der Waals surface area contributed by atoms with Gasteiger partial charge in [0.15, 0.2) is 0 Å². The Hall–Kier alpha value is -4.15. The van der Waals surface area contributed by atoms with Crippen molar-refractivity contribution in [2.75, 3.05) is 9.91 Å². The molecule has 0 amide bonds. The SMILES string of the molecule is [Pt].[c-]1c(Oc2[c-]c(N3[CH-]N(c4ccccc4)C=N3)ccc2)cccc1-c1ccn(-c2ccccc2)n1. The summed E-state index contributed by atoms with van der Waals surface area (Å²) >= 11 is 0. The molecule has 6 nitrogen and oxygen atoms in total. The number of rotatable bonds is 6. The minimum absolute atomic E-state index is 0. The van der Waals surface area contributed by atoms with Crippen molar-refractivity contribution in [3.05, 3.63) is 128 Å². The molecule has 0 fully saturated rings. The number of hydrogen-bond acceptors (Lipinski definition) is 5. The summed E-state index contributed by atoms with van der Waals surface area (Å²) in [6, 6.07) is 40.1. The average Bonchev–Trinajstić information content (AvgIpc) is 3.61. The number of ether oxygens (including phenoxy) is 1. The van der Waals surface area contributed by atoms with Crippen LogP contribution in [-0.4, -0.2) is 16.1 Å². The molecule has 0 atom stereocenters. The fraction of sp³-hybridized carbons (Fsp3) is 0. The molecule has 0 radical (unpaired) electrons. The number of benzene rings is 4. The summed E-state index contributed by atoms with van der Waals surface area (Å²) in [6.45, 7) is 1.90. The van der Waals surface area contributed by atoms with Gasteiger partial charge in [-0.05, 0) is 24.3 Å². The summed E-state index contributed by atoms with van der Waals surface area (Å²) in [5, 5.41) is 10.9. The van der Waals surface area contributed by atoms with Gasteiger partial charge in [0.1, 0.15) is 0 Å². The first-order valence-corrected chi connectivity index (χ1v) is 11.2. The third-order valence-corrected chi connectivity index (χ3v) is 5.46. The Morgan fingerprint density at radius 2 is 1.39 bits per heavy atom. The maximum atomic E-state index is 6.09. The van der Waals surface area contributed by atoms with Gasteiger partial charge in [-0.25, -0.2) is 5.10 Å². The van der Waals surface area contributed by atoms with Crippen molar-refractivity contribution in [3.8, 4) is 28.4 Å². The summed E-state index contributed by atoms with van der Waals surface area (Å²) in [7, 11) is 0. The van der Waals surface area contributed by atoms with Crippen molar-refractivity contribution in [1.82, 2.24) is 9.78 Å². The predicted octanol–water partition coefficient (Wildman–Crippen LogP) is 6.32. The summed E-state index contributed by atoms with van der Waals surface area (Å²) in [4.78, 5) is 1.95. The van der Waals surface area contributed by atoms with E-state index in [2.05, 4.69) is 22.3 Å². The van der Waals surface area contributed by atoms with Crippen LogP contribution < -0.4 is 14.6 Å². The summed E-state index contributed by atoms with van der Waals surface area (Å²) in [6.07, 6.45) is 3.71. The van der Waals surface area contributed by atoms with Gasteiger partial charge in [0.25, 0.3) is 0 Å². The fourth-order valence-corrected chi connectivity index (χ4v) is 3.74. The van der Waals surface area contributed by atoms with Gasteiger partial charge < -0.3 is 14.6 Å². The Labute approximate surface area is 224 Å². The van der Waals surface area contributed by atoms with Crippen molar-refractivity contribution in [2.45, 2.75) is 0 Å². The second kappa shape index (κ2) is 10.6. The van der Waals surface area contributed by atoms with Crippen LogP contribution in [0.25, 0.3) is 16.9 Å². The molecule has 0 bridgehead atoms. The zero-order valence-corrected chi connectivity index (χ0v) is 21.3. The van der Waals surface area contributed by atoms with E-state index in [9.17, 15) is 0 Å². The topological polar surface area (TPSA) is 45.9 Å². The molecule has 0 aliphatic carbocycles. The van der Waals surface area contributed by atoms with Gasteiger partial charge in [-0.1, -0.05) is 54.2 Å². The Kier molecular flexibility index (Phi) is 6.96. The molecule has 0 saturated heterocycles. The Balaban J connectivity index is 0.00000267. The molecule has 1 aliphatic rings. The van der Waals surface area contributed by atoms with Crippen LogP contribution in [0.3, 0.4) is 0 Å². The number of nitrogens with zero attached hydrogens (tertiary/aromatic N) is 5. The van der Waals surface area contributed by atoms with E-state index >= 15 is 0 Å². The van der Waals surface area contributed by atoms with Crippen LogP contribution >= 0.6 is 0 Å². The first kappa shape index (κ1) is 23.6. The van der Waals surface area contributed by atoms with Crippen molar-refractivity contribution in [3.63, 3.8) is 0 Å². The quantitative estimate of drug-likeness (QED) is 0.202. The first-order chi connectivity index (χ1) is 17.3. The second-order valence-electron chi connectivity index (χ2n) is 7.85. The number of hydrogen-bond donors (Lipinski definition) is 0.